The van der Waals surface area contributed by atoms with Gasteiger partial charge in [-0.15, -0.1) is 0 Å². The Hall–Kier alpha value is -1.90. The lowest BCUT2D eigenvalue weighted by Crippen LogP contribution is -2.05. The van der Waals surface area contributed by atoms with Crippen molar-refractivity contribution in [2.75, 3.05) is 0 Å². The van der Waals surface area contributed by atoms with Gasteiger partial charge in [0.2, 0.25) is 0 Å². The Bertz CT molecular complexity index is 582. The fraction of sp³-hybridized carbons (Fsp3) is 0.333. The second kappa shape index (κ2) is 4.77. The summed E-state index contributed by atoms with van der Waals surface area (Å²) >= 11 is 0. The first kappa shape index (κ1) is 12.6. The zero-order valence-corrected chi connectivity index (χ0v) is 11.3. The Labute approximate surface area is 107 Å². The number of hydrogen-bond donors (Lipinski definition) is 0. The van der Waals surface area contributed by atoms with Gasteiger partial charge in [-0.25, -0.2) is 0 Å². The van der Waals surface area contributed by atoms with Crippen LogP contribution in [0.2, 0.25) is 0 Å². The number of benzene rings is 1. The van der Waals surface area contributed by atoms with Gasteiger partial charge in [0.1, 0.15) is 0 Å². The largest absolute Gasteiger partial charge is 0.295 e. The van der Waals surface area contributed by atoms with E-state index in [0.717, 1.165) is 22.4 Å². The third kappa shape index (κ3) is 2.21. The predicted octanol–water partition coefficient (Wildman–Crippen LogP) is 3.64. The number of Topliss-reactive ketones (excluding diaryl/α,β-unsaturated/α-hetero) is 1. The summed E-state index contributed by atoms with van der Waals surface area (Å²) in [4.78, 5) is 11.6. The van der Waals surface area contributed by atoms with Crippen LogP contribution in [0.1, 0.15) is 42.7 Å². The summed E-state index contributed by atoms with van der Waals surface area (Å²) in [5, 5.41) is 4.32. The zero-order valence-electron chi connectivity index (χ0n) is 11.3. The maximum Gasteiger partial charge on any atom is 0.160 e. The molecular formula is C15H18N2O. The lowest BCUT2D eigenvalue weighted by atomic mass is 10.0. The molecular weight excluding hydrogens is 224 g/mol. The lowest BCUT2D eigenvalue weighted by molar-refractivity contribution is 0.101. The predicted molar refractivity (Wildman–Crippen MR) is 72.8 cm³/mol. The number of carbonyl (C=O) groups excluding carboxylic acids is 1. The van der Waals surface area contributed by atoms with Crippen LogP contribution in [0.3, 0.4) is 0 Å². The van der Waals surface area contributed by atoms with Gasteiger partial charge in [-0.05, 0) is 45.4 Å². The van der Waals surface area contributed by atoms with Gasteiger partial charge in [0.15, 0.2) is 5.78 Å². The number of rotatable bonds is 3. The average molecular weight is 242 g/mol. The minimum atomic E-state index is 0.102. The fourth-order valence-electron chi connectivity index (χ4n) is 2.11. The van der Waals surface area contributed by atoms with Gasteiger partial charge in [0, 0.05) is 23.4 Å². The third-order valence-electron chi connectivity index (χ3n) is 3.07. The SMILES string of the molecule is CC(=O)c1cc(-c2ccnn2C(C)C)ccc1C. The van der Waals surface area contributed by atoms with Crippen molar-refractivity contribution in [1.82, 2.24) is 9.78 Å². The van der Waals surface area contributed by atoms with Crippen molar-refractivity contribution in [3.8, 4) is 11.3 Å². The third-order valence-corrected chi connectivity index (χ3v) is 3.07. The van der Waals surface area contributed by atoms with E-state index < -0.39 is 0 Å². The molecule has 0 atom stereocenters. The summed E-state index contributed by atoms with van der Waals surface area (Å²) in [5.74, 6) is 0.102. The topological polar surface area (TPSA) is 34.9 Å². The quantitative estimate of drug-likeness (QED) is 0.770. The molecule has 0 aliphatic rings. The maximum absolute atomic E-state index is 11.6. The Kier molecular flexibility index (Phi) is 3.32. The highest BCUT2D eigenvalue weighted by Crippen LogP contribution is 2.24. The van der Waals surface area contributed by atoms with Crippen molar-refractivity contribution in [3.05, 3.63) is 41.6 Å². The Morgan fingerprint density at radius 2 is 2.00 bits per heavy atom. The molecule has 1 aromatic carbocycles. The van der Waals surface area contributed by atoms with Crippen LogP contribution in [0.25, 0.3) is 11.3 Å². The number of hydrogen-bond acceptors (Lipinski definition) is 2. The zero-order chi connectivity index (χ0) is 13.3. The molecule has 2 rings (SSSR count). The van der Waals surface area contributed by atoms with Gasteiger partial charge in [-0.1, -0.05) is 12.1 Å². The Balaban J connectivity index is 2.54. The molecule has 1 aromatic heterocycles. The molecule has 0 saturated heterocycles. The van der Waals surface area contributed by atoms with E-state index in [1.807, 2.05) is 35.9 Å². The molecule has 3 nitrogen and oxygen atoms in total. The first-order chi connectivity index (χ1) is 8.50. The first-order valence-corrected chi connectivity index (χ1v) is 6.16. The molecule has 0 bridgehead atoms. The summed E-state index contributed by atoms with van der Waals surface area (Å²) in [7, 11) is 0. The molecule has 18 heavy (non-hydrogen) atoms. The van der Waals surface area contributed by atoms with E-state index >= 15 is 0 Å². The number of aryl methyl sites for hydroxylation is 1. The molecule has 0 aliphatic heterocycles. The molecule has 0 saturated carbocycles. The van der Waals surface area contributed by atoms with Crippen LogP contribution in [0.4, 0.5) is 0 Å². The first-order valence-electron chi connectivity index (χ1n) is 6.16. The number of aromatic nitrogens is 2. The second-order valence-electron chi connectivity index (χ2n) is 4.84. The van der Waals surface area contributed by atoms with Crippen molar-refractivity contribution in [2.24, 2.45) is 0 Å². The van der Waals surface area contributed by atoms with E-state index in [1.165, 1.54) is 0 Å². The fourth-order valence-corrected chi connectivity index (χ4v) is 2.11. The standard InChI is InChI=1S/C15H18N2O/c1-10(2)17-15(7-8-16-17)13-6-5-11(3)14(9-13)12(4)18/h5-10H,1-4H3. The van der Waals surface area contributed by atoms with Gasteiger partial charge in [-0.2, -0.15) is 5.10 Å². The summed E-state index contributed by atoms with van der Waals surface area (Å²) in [6.07, 6.45) is 1.79. The molecule has 0 N–H and O–H groups in total. The van der Waals surface area contributed by atoms with E-state index in [0.29, 0.717) is 6.04 Å². The minimum Gasteiger partial charge on any atom is -0.295 e. The van der Waals surface area contributed by atoms with E-state index in [-0.39, 0.29) is 5.78 Å². The normalized spacial score (nSPS) is 10.9. The molecule has 0 spiro atoms. The number of ketones is 1. The molecule has 0 amide bonds. The van der Waals surface area contributed by atoms with Gasteiger partial charge >= 0.3 is 0 Å². The van der Waals surface area contributed by atoms with Crippen LogP contribution in [-0.2, 0) is 0 Å². The average Bonchev–Trinajstić information content (AvgIpc) is 2.78. The van der Waals surface area contributed by atoms with E-state index in [4.69, 9.17) is 0 Å². The van der Waals surface area contributed by atoms with Gasteiger partial charge < -0.3 is 0 Å². The van der Waals surface area contributed by atoms with Gasteiger partial charge in [-0.3, -0.25) is 9.48 Å². The monoisotopic (exact) mass is 242 g/mol. The van der Waals surface area contributed by atoms with Gasteiger partial charge in [0.05, 0.1) is 5.69 Å². The summed E-state index contributed by atoms with van der Waals surface area (Å²) in [6, 6.07) is 8.26. The molecule has 3 heteroatoms. The molecule has 0 unspecified atom stereocenters. The maximum atomic E-state index is 11.6. The Morgan fingerprint density at radius 1 is 1.28 bits per heavy atom. The molecule has 1 heterocycles. The highest BCUT2D eigenvalue weighted by Gasteiger charge is 2.11. The molecule has 94 valence electrons. The highest BCUT2D eigenvalue weighted by atomic mass is 16.1. The van der Waals surface area contributed by atoms with Crippen molar-refractivity contribution >= 4 is 5.78 Å². The van der Waals surface area contributed by atoms with Crippen LogP contribution in [0.15, 0.2) is 30.5 Å². The minimum absolute atomic E-state index is 0.102. The van der Waals surface area contributed by atoms with Crippen LogP contribution in [0, 0.1) is 6.92 Å². The molecule has 2 aromatic rings. The summed E-state index contributed by atoms with van der Waals surface area (Å²) in [5.41, 5.74) is 3.88. The van der Waals surface area contributed by atoms with Crippen molar-refractivity contribution < 1.29 is 4.79 Å². The van der Waals surface area contributed by atoms with Crippen LogP contribution in [-0.4, -0.2) is 15.6 Å². The summed E-state index contributed by atoms with van der Waals surface area (Å²) in [6.45, 7) is 7.75. The number of carbonyl (C=O) groups is 1. The van der Waals surface area contributed by atoms with Gasteiger partial charge in [0.25, 0.3) is 0 Å². The highest BCUT2D eigenvalue weighted by molar-refractivity contribution is 5.96. The van der Waals surface area contributed by atoms with E-state index in [1.54, 1.807) is 13.1 Å². The van der Waals surface area contributed by atoms with E-state index in [9.17, 15) is 4.79 Å². The van der Waals surface area contributed by atoms with E-state index in [2.05, 4.69) is 18.9 Å². The Morgan fingerprint density at radius 3 is 2.61 bits per heavy atom. The lowest BCUT2D eigenvalue weighted by Gasteiger charge is -2.12. The molecule has 0 aliphatic carbocycles. The molecule has 0 radical (unpaired) electrons. The smallest absolute Gasteiger partial charge is 0.160 e. The van der Waals surface area contributed by atoms with Crippen molar-refractivity contribution in [2.45, 2.75) is 33.7 Å². The van der Waals surface area contributed by atoms with Crippen molar-refractivity contribution in [3.63, 3.8) is 0 Å². The van der Waals surface area contributed by atoms with Crippen LogP contribution < -0.4 is 0 Å². The van der Waals surface area contributed by atoms with Crippen molar-refractivity contribution in [1.29, 1.82) is 0 Å². The van der Waals surface area contributed by atoms with Crippen LogP contribution in [0.5, 0.6) is 0 Å². The van der Waals surface area contributed by atoms with Crippen LogP contribution >= 0.6 is 0 Å². The number of nitrogens with zero attached hydrogens (tertiary/aromatic N) is 2. The second-order valence-corrected chi connectivity index (χ2v) is 4.84. The molecule has 0 fully saturated rings. The summed E-state index contributed by atoms with van der Waals surface area (Å²) < 4.78 is 1.97.